The molecule has 7 heteroatoms. The van der Waals surface area contributed by atoms with Crippen molar-refractivity contribution in [2.24, 2.45) is 0 Å². The highest BCUT2D eigenvalue weighted by molar-refractivity contribution is 6.39. The fraction of sp³-hybridized carbons (Fsp3) is 0.233. The molecule has 7 nitrogen and oxygen atoms in total. The van der Waals surface area contributed by atoms with Crippen LogP contribution in [0.15, 0.2) is 78.4 Å². The summed E-state index contributed by atoms with van der Waals surface area (Å²) in [5.74, 6) is -0.217. The van der Waals surface area contributed by atoms with E-state index in [0.29, 0.717) is 23.6 Å². The van der Waals surface area contributed by atoms with Gasteiger partial charge in [-0.05, 0) is 59.9 Å². The summed E-state index contributed by atoms with van der Waals surface area (Å²) in [5.41, 5.74) is 2.94. The number of rotatable bonds is 7. The Kier molecular flexibility index (Phi) is 7.43. The molecule has 0 bridgehead atoms. The lowest BCUT2D eigenvalue weighted by molar-refractivity contribution is -0.122. The summed E-state index contributed by atoms with van der Waals surface area (Å²) in [5, 5.41) is 2.25. The first-order chi connectivity index (χ1) is 17.6. The quantitative estimate of drug-likeness (QED) is 0.267. The average molecular weight is 499 g/mol. The van der Waals surface area contributed by atoms with E-state index < -0.39 is 17.8 Å². The molecule has 0 unspecified atom stereocenters. The number of amides is 4. The molecule has 1 heterocycles. The van der Waals surface area contributed by atoms with Gasteiger partial charge >= 0.3 is 6.03 Å². The molecule has 1 N–H and O–H groups in total. The lowest BCUT2D eigenvalue weighted by Gasteiger charge is -2.26. The van der Waals surface area contributed by atoms with Crippen LogP contribution in [0.25, 0.3) is 6.08 Å². The number of carbonyl (C=O) groups is 3. The maximum atomic E-state index is 13.2. The molecule has 1 aliphatic rings. The molecule has 0 atom stereocenters. The molecule has 0 aliphatic carbocycles. The van der Waals surface area contributed by atoms with Crippen molar-refractivity contribution in [1.82, 2.24) is 5.32 Å². The van der Waals surface area contributed by atoms with Gasteiger partial charge in [0.15, 0.2) is 0 Å². The van der Waals surface area contributed by atoms with Crippen LogP contribution in [0.3, 0.4) is 0 Å². The molecule has 4 rings (SSSR count). The van der Waals surface area contributed by atoms with Crippen LogP contribution in [0.2, 0.25) is 0 Å². The zero-order chi connectivity index (χ0) is 26.6. The van der Waals surface area contributed by atoms with E-state index in [0.717, 1.165) is 16.2 Å². The van der Waals surface area contributed by atoms with E-state index in [9.17, 15) is 14.4 Å². The third-order valence-electron chi connectivity index (χ3n) is 5.91. The molecule has 0 radical (unpaired) electrons. The third kappa shape index (κ3) is 6.06. The predicted octanol–water partition coefficient (Wildman–Crippen LogP) is 5.42. The number of hydrogen-bond donors (Lipinski definition) is 1. The Morgan fingerprint density at radius 1 is 0.865 bits per heavy atom. The first-order valence-electron chi connectivity index (χ1n) is 12.1. The van der Waals surface area contributed by atoms with Crippen molar-refractivity contribution in [3.63, 3.8) is 0 Å². The Labute approximate surface area is 216 Å². The van der Waals surface area contributed by atoms with Gasteiger partial charge in [-0.25, -0.2) is 9.69 Å². The normalized spacial score (nSPS) is 15.1. The Bertz CT molecular complexity index is 1350. The molecule has 37 heavy (non-hydrogen) atoms. The molecular weight excluding hydrogens is 468 g/mol. The largest absolute Gasteiger partial charge is 0.490 e. The summed E-state index contributed by atoms with van der Waals surface area (Å²) >= 11 is 0. The number of imide groups is 2. The van der Waals surface area contributed by atoms with Crippen molar-refractivity contribution in [3.05, 3.63) is 95.1 Å². The van der Waals surface area contributed by atoms with Gasteiger partial charge in [-0.3, -0.25) is 14.9 Å². The van der Waals surface area contributed by atoms with Crippen LogP contribution in [0, 0.1) is 6.92 Å². The highest BCUT2D eigenvalue weighted by atomic mass is 16.5. The van der Waals surface area contributed by atoms with Gasteiger partial charge in [0.1, 0.15) is 30.3 Å². The number of urea groups is 1. The van der Waals surface area contributed by atoms with E-state index in [1.54, 1.807) is 42.5 Å². The summed E-state index contributed by atoms with van der Waals surface area (Å²) in [6, 6.07) is 21.2. The highest BCUT2D eigenvalue weighted by Gasteiger charge is 2.37. The summed E-state index contributed by atoms with van der Waals surface area (Å²) in [7, 11) is 0. The summed E-state index contributed by atoms with van der Waals surface area (Å²) in [6.45, 7) is 8.91. The van der Waals surface area contributed by atoms with Gasteiger partial charge in [0.25, 0.3) is 11.8 Å². The first-order valence-corrected chi connectivity index (χ1v) is 12.1. The second-order valence-electron chi connectivity index (χ2n) is 9.81. The van der Waals surface area contributed by atoms with Crippen molar-refractivity contribution in [1.29, 1.82) is 0 Å². The molecule has 1 saturated heterocycles. The molecule has 3 aromatic rings. The van der Waals surface area contributed by atoms with Crippen molar-refractivity contribution in [2.45, 2.75) is 33.1 Å². The number of para-hydroxylation sites is 1. The maximum Gasteiger partial charge on any atom is 0.335 e. The minimum Gasteiger partial charge on any atom is -0.490 e. The average Bonchev–Trinajstić information content (AvgIpc) is 2.85. The summed E-state index contributed by atoms with van der Waals surface area (Å²) < 4.78 is 11.7. The zero-order valence-corrected chi connectivity index (χ0v) is 21.4. The van der Waals surface area contributed by atoms with E-state index in [-0.39, 0.29) is 17.6 Å². The lowest BCUT2D eigenvalue weighted by Crippen LogP contribution is -2.54. The number of aryl methyl sites for hydroxylation is 1. The minimum atomic E-state index is -0.782. The van der Waals surface area contributed by atoms with Gasteiger partial charge in [-0.1, -0.05) is 63.2 Å². The number of ether oxygens (including phenoxy) is 2. The van der Waals surface area contributed by atoms with Crippen LogP contribution in [0.4, 0.5) is 10.5 Å². The number of nitrogens with one attached hydrogen (secondary N) is 1. The summed E-state index contributed by atoms with van der Waals surface area (Å²) in [6.07, 6.45) is 1.44. The number of carbonyl (C=O) groups excluding carboxylic acids is 3. The molecule has 1 fully saturated rings. The fourth-order valence-corrected chi connectivity index (χ4v) is 3.91. The first kappa shape index (κ1) is 25.7. The van der Waals surface area contributed by atoms with Crippen molar-refractivity contribution in [2.75, 3.05) is 18.1 Å². The third-order valence-corrected chi connectivity index (χ3v) is 5.91. The zero-order valence-electron chi connectivity index (χ0n) is 21.4. The Balaban J connectivity index is 1.46. The molecule has 0 spiro atoms. The molecule has 3 aromatic carbocycles. The van der Waals surface area contributed by atoms with Crippen molar-refractivity contribution in [3.8, 4) is 11.5 Å². The van der Waals surface area contributed by atoms with Gasteiger partial charge in [0.2, 0.25) is 0 Å². The molecule has 0 aromatic heterocycles. The predicted molar refractivity (Wildman–Crippen MR) is 143 cm³/mol. The maximum absolute atomic E-state index is 13.2. The Morgan fingerprint density at radius 2 is 1.57 bits per heavy atom. The standard InChI is InChI=1S/C30H30N2O5/c1-20-8-7-10-23(18-20)32-28(34)25(27(33)31-29(32)35)19-21-9-5-6-11-26(21)37-17-16-36-24-14-12-22(13-15-24)30(2,3)4/h5-15,18-19H,16-17H2,1-4H3,(H,31,33,35). The Hall–Kier alpha value is -4.39. The molecule has 0 saturated carbocycles. The van der Waals surface area contributed by atoms with Gasteiger partial charge in [0.05, 0.1) is 5.69 Å². The van der Waals surface area contributed by atoms with E-state index in [1.165, 1.54) is 11.6 Å². The Morgan fingerprint density at radius 3 is 2.27 bits per heavy atom. The lowest BCUT2D eigenvalue weighted by atomic mass is 9.87. The smallest absolute Gasteiger partial charge is 0.335 e. The fourth-order valence-electron chi connectivity index (χ4n) is 3.91. The van der Waals surface area contributed by atoms with E-state index in [1.807, 2.05) is 25.1 Å². The minimum absolute atomic E-state index is 0.0703. The van der Waals surface area contributed by atoms with Crippen LogP contribution in [-0.4, -0.2) is 31.1 Å². The van der Waals surface area contributed by atoms with Crippen molar-refractivity contribution >= 4 is 29.6 Å². The monoisotopic (exact) mass is 498 g/mol. The molecule has 4 amide bonds. The number of benzene rings is 3. The van der Waals surface area contributed by atoms with Crippen LogP contribution in [-0.2, 0) is 15.0 Å². The van der Waals surface area contributed by atoms with Gasteiger partial charge in [-0.2, -0.15) is 0 Å². The second kappa shape index (κ2) is 10.7. The van der Waals surface area contributed by atoms with Gasteiger partial charge in [0, 0.05) is 5.56 Å². The van der Waals surface area contributed by atoms with Crippen molar-refractivity contribution < 1.29 is 23.9 Å². The number of hydrogen-bond acceptors (Lipinski definition) is 5. The summed E-state index contributed by atoms with van der Waals surface area (Å²) in [4.78, 5) is 39.2. The van der Waals surface area contributed by atoms with Crippen LogP contribution >= 0.6 is 0 Å². The van der Waals surface area contributed by atoms with Gasteiger partial charge < -0.3 is 9.47 Å². The molecular formula is C30H30N2O5. The van der Waals surface area contributed by atoms with Crippen LogP contribution in [0.5, 0.6) is 11.5 Å². The number of barbiturate groups is 1. The van der Waals surface area contributed by atoms with E-state index in [4.69, 9.17) is 9.47 Å². The highest BCUT2D eigenvalue weighted by Crippen LogP contribution is 2.27. The SMILES string of the molecule is Cc1cccc(N2C(=O)NC(=O)C(=Cc3ccccc3OCCOc3ccc(C(C)(C)C)cc3)C2=O)c1. The van der Waals surface area contributed by atoms with Gasteiger partial charge in [-0.15, -0.1) is 0 Å². The molecule has 1 aliphatic heterocycles. The van der Waals surface area contributed by atoms with E-state index >= 15 is 0 Å². The second-order valence-corrected chi connectivity index (χ2v) is 9.81. The number of anilines is 1. The topological polar surface area (TPSA) is 84.9 Å². The van der Waals surface area contributed by atoms with E-state index in [2.05, 4.69) is 38.2 Å². The number of nitrogens with zero attached hydrogens (tertiary/aromatic N) is 1. The van der Waals surface area contributed by atoms with Crippen LogP contribution < -0.4 is 19.7 Å². The van der Waals surface area contributed by atoms with Crippen LogP contribution in [0.1, 0.15) is 37.5 Å². The molecule has 190 valence electrons.